The van der Waals surface area contributed by atoms with E-state index >= 15 is 0 Å². The van der Waals surface area contributed by atoms with Gasteiger partial charge in [0.1, 0.15) is 5.82 Å². The van der Waals surface area contributed by atoms with E-state index < -0.39 is 0 Å². The van der Waals surface area contributed by atoms with Gasteiger partial charge in [-0.05, 0) is 36.2 Å². The first-order valence-corrected chi connectivity index (χ1v) is 10.7. The lowest BCUT2D eigenvalue weighted by Gasteiger charge is -2.16. The van der Waals surface area contributed by atoms with Crippen LogP contribution in [0.5, 0.6) is 0 Å². The van der Waals surface area contributed by atoms with Crippen LogP contribution in [-0.2, 0) is 11.3 Å². The van der Waals surface area contributed by atoms with Gasteiger partial charge >= 0.3 is 0 Å². The number of hydrogen-bond acceptors (Lipinski definition) is 6. The van der Waals surface area contributed by atoms with Crippen LogP contribution in [0.3, 0.4) is 0 Å². The van der Waals surface area contributed by atoms with Crippen LogP contribution in [0, 0.1) is 5.82 Å². The molecule has 9 heteroatoms. The van der Waals surface area contributed by atoms with Crippen LogP contribution in [0.1, 0.15) is 12.0 Å². The van der Waals surface area contributed by atoms with Crippen molar-refractivity contribution in [3.63, 3.8) is 0 Å². The van der Waals surface area contributed by atoms with Gasteiger partial charge in [-0.2, -0.15) is 0 Å². The summed E-state index contributed by atoms with van der Waals surface area (Å²) in [7, 11) is 0. The molecule has 7 nitrogen and oxygen atoms in total. The number of aromatic nitrogens is 3. The third-order valence-electron chi connectivity index (χ3n) is 4.99. The summed E-state index contributed by atoms with van der Waals surface area (Å²) in [6.45, 7) is 2.70. The van der Waals surface area contributed by atoms with E-state index in [4.69, 9.17) is 5.84 Å². The van der Waals surface area contributed by atoms with Crippen LogP contribution >= 0.6 is 11.8 Å². The van der Waals surface area contributed by atoms with Crippen molar-refractivity contribution in [2.45, 2.75) is 24.2 Å². The molecule has 0 saturated carbocycles. The number of nitrogens with zero attached hydrogens (tertiary/aromatic N) is 4. The molecule has 1 aliphatic heterocycles. The summed E-state index contributed by atoms with van der Waals surface area (Å²) in [5.74, 6) is 6.29. The predicted octanol–water partition coefficient (Wildman–Crippen LogP) is 2.28. The number of thioether (sulfide) groups is 1. The average molecular weight is 427 g/mol. The van der Waals surface area contributed by atoms with Gasteiger partial charge in [0.2, 0.25) is 11.1 Å². The molecule has 3 N–H and O–H groups in total. The largest absolute Gasteiger partial charge is 0.351 e. The molecule has 30 heavy (non-hydrogen) atoms. The second-order valence-electron chi connectivity index (χ2n) is 7.25. The molecule has 0 radical (unpaired) electrons. The van der Waals surface area contributed by atoms with Crippen LogP contribution < -0.4 is 11.2 Å². The Balaban J connectivity index is 1.26. The van der Waals surface area contributed by atoms with Crippen molar-refractivity contribution in [2.24, 2.45) is 0 Å². The molecule has 1 saturated heterocycles. The number of nitrogens with two attached hydrogens (primary N) is 1. The number of benzene rings is 2. The summed E-state index contributed by atoms with van der Waals surface area (Å²) >= 11 is 1.23. The maximum Gasteiger partial charge on any atom is 0.230 e. The Hall–Kier alpha value is -2.91. The van der Waals surface area contributed by atoms with E-state index in [1.807, 2.05) is 18.2 Å². The number of amides is 1. The van der Waals surface area contributed by atoms with Crippen molar-refractivity contribution < 1.29 is 9.18 Å². The molecule has 1 atom stereocenters. The van der Waals surface area contributed by atoms with Gasteiger partial charge in [0.05, 0.1) is 5.75 Å². The Labute approximate surface area is 178 Å². The van der Waals surface area contributed by atoms with Crippen LogP contribution in [-0.4, -0.2) is 50.6 Å². The van der Waals surface area contributed by atoms with Gasteiger partial charge in [-0.3, -0.25) is 9.69 Å². The Morgan fingerprint density at radius 1 is 1.17 bits per heavy atom. The lowest BCUT2D eigenvalue weighted by Crippen LogP contribution is -2.38. The second-order valence-corrected chi connectivity index (χ2v) is 8.19. The fraction of sp³-hybridized carbons (Fsp3) is 0.286. The van der Waals surface area contributed by atoms with Crippen LogP contribution in [0.15, 0.2) is 59.8 Å². The van der Waals surface area contributed by atoms with Crippen LogP contribution in [0.2, 0.25) is 0 Å². The molecule has 1 aliphatic rings. The minimum atomic E-state index is -0.331. The van der Waals surface area contributed by atoms with E-state index in [-0.39, 0.29) is 23.5 Å². The smallest absolute Gasteiger partial charge is 0.230 e. The SMILES string of the molecule is Nn1c(SCC(=O)NC2CCN(Cc3ccccc3)C2)nnc1-c1ccc(F)cc1. The number of nitrogen functional groups attached to an aromatic ring is 1. The number of carbonyl (C=O) groups excluding carboxylic acids is 1. The molecule has 1 unspecified atom stereocenters. The lowest BCUT2D eigenvalue weighted by molar-refractivity contribution is -0.119. The van der Waals surface area contributed by atoms with Gasteiger partial charge in [-0.15, -0.1) is 10.2 Å². The number of nitrogens with one attached hydrogen (secondary N) is 1. The molecular formula is C21H23FN6OS. The zero-order chi connectivity index (χ0) is 20.9. The summed E-state index contributed by atoms with van der Waals surface area (Å²) in [6.07, 6.45) is 0.936. The maximum atomic E-state index is 13.1. The van der Waals surface area contributed by atoms with Crippen LogP contribution in [0.25, 0.3) is 11.4 Å². The number of likely N-dealkylation sites (tertiary alicyclic amines) is 1. The Morgan fingerprint density at radius 2 is 1.93 bits per heavy atom. The molecule has 0 aliphatic carbocycles. The minimum absolute atomic E-state index is 0.0575. The van der Waals surface area contributed by atoms with Crippen molar-refractivity contribution >= 4 is 17.7 Å². The van der Waals surface area contributed by atoms with Crippen LogP contribution in [0.4, 0.5) is 4.39 Å². The van der Waals surface area contributed by atoms with Crippen molar-refractivity contribution in [1.29, 1.82) is 0 Å². The molecule has 1 amide bonds. The highest BCUT2D eigenvalue weighted by atomic mass is 32.2. The third kappa shape index (κ3) is 4.98. The maximum absolute atomic E-state index is 13.1. The molecule has 3 aromatic rings. The van der Waals surface area contributed by atoms with Crippen molar-refractivity contribution in [3.8, 4) is 11.4 Å². The fourth-order valence-corrected chi connectivity index (χ4v) is 4.17. The van der Waals surface area contributed by atoms with E-state index in [1.165, 1.54) is 34.1 Å². The lowest BCUT2D eigenvalue weighted by atomic mass is 10.2. The van der Waals surface area contributed by atoms with E-state index in [0.717, 1.165) is 26.1 Å². The molecule has 2 heterocycles. The summed E-state index contributed by atoms with van der Waals surface area (Å²) in [5.41, 5.74) is 1.94. The average Bonchev–Trinajstić information content (AvgIpc) is 3.34. The number of carbonyl (C=O) groups is 1. The molecule has 1 aromatic heterocycles. The van der Waals surface area contributed by atoms with Crippen molar-refractivity contribution in [3.05, 3.63) is 66.0 Å². The molecule has 4 rings (SSSR count). The van der Waals surface area contributed by atoms with E-state index in [1.54, 1.807) is 12.1 Å². The standard InChI is InChI=1S/C21H23FN6OS/c22-17-8-6-16(7-9-17)20-25-26-21(28(20)23)30-14-19(29)24-18-10-11-27(13-18)12-15-4-2-1-3-5-15/h1-9,18H,10-14,23H2,(H,24,29). The zero-order valence-electron chi connectivity index (χ0n) is 16.4. The summed E-state index contributed by atoms with van der Waals surface area (Å²) in [6, 6.07) is 16.3. The topological polar surface area (TPSA) is 89.1 Å². The molecular weight excluding hydrogens is 403 g/mol. The number of hydrogen-bond donors (Lipinski definition) is 2. The molecule has 0 spiro atoms. The number of halogens is 1. The molecule has 156 valence electrons. The first kappa shape index (κ1) is 20.4. The molecule has 1 fully saturated rings. The van der Waals surface area contributed by atoms with Gasteiger partial charge in [0.15, 0.2) is 5.82 Å². The van der Waals surface area contributed by atoms with Gasteiger partial charge in [-0.1, -0.05) is 42.1 Å². The first-order chi connectivity index (χ1) is 14.6. The highest BCUT2D eigenvalue weighted by molar-refractivity contribution is 7.99. The highest BCUT2D eigenvalue weighted by Gasteiger charge is 2.24. The van der Waals surface area contributed by atoms with Crippen molar-refractivity contribution in [2.75, 3.05) is 24.7 Å². The zero-order valence-corrected chi connectivity index (χ0v) is 17.2. The summed E-state index contributed by atoms with van der Waals surface area (Å²) in [5, 5.41) is 11.6. The Kier molecular flexibility index (Phi) is 6.29. The summed E-state index contributed by atoms with van der Waals surface area (Å²) < 4.78 is 14.4. The summed E-state index contributed by atoms with van der Waals surface area (Å²) in [4.78, 5) is 14.7. The minimum Gasteiger partial charge on any atom is -0.351 e. The fourth-order valence-electron chi connectivity index (χ4n) is 3.51. The van der Waals surface area contributed by atoms with E-state index in [9.17, 15) is 9.18 Å². The third-order valence-corrected chi connectivity index (χ3v) is 5.93. The normalized spacial score (nSPS) is 16.6. The van der Waals surface area contributed by atoms with Gasteiger partial charge in [-0.25, -0.2) is 9.07 Å². The highest BCUT2D eigenvalue weighted by Crippen LogP contribution is 2.22. The predicted molar refractivity (Wildman–Crippen MR) is 115 cm³/mol. The second kappa shape index (κ2) is 9.27. The van der Waals surface area contributed by atoms with Gasteiger partial charge in [0.25, 0.3) is 0 Å². The Bertz CT molecular complexity index is 994. The van der Waals surface area contributed by atoms with E-state index in [2.05, 4.69) is 32.5 Å². The first-order valence-electron chi connectivity index (χ1n) is 9.73. The molecule has 2 aromatic carbocycles. The Morgan fingerprint density at radius 3 is 2.70 bits per heavy atom. The molecule has 0 bridgehead atoms. The van der Waals surface area contributed by atoms with Gasteiger partial charge in [0, 0.05) is 31.2 Å². The van der Waals surface area contributed by atoms with Gasteiger partial charge < -0.3 is 11.2 Å². The monoisotopic (exact) mass is 426 g/mol. The van der Waals surface area contributed by atoms with E-state index in [0.29, 0.717) is 16.5 Å². The number of rotatable bonds is 7. The van der Waals surface area contributed by atoms with Crippen molar-refractivity contribution in [1.82, 2.24) is 25.1 Å². The quantitative estimate of drug-likeness (QED) is 0.445.